The maximum Gasteiger partial charge on any atom is 0.164 e. The molecule has 0 amide bonds. The van der Waals surface area contributed by atoms with E-state index in [0.717, 1.165) is 38.4 Å². The lowest BCUT2D eigenvalue weighted by molar-refractivity contribution is 0.191. The highest BCUT2D eigenvalue weighted by molar-refractivity contribution is 4.80. The van der Waals surface area contributed by atoms with Gasteiger partial charge in [0.2, 0.25) is 0 Å². The minimum atomic E-state index is 0.689. The molecule has 0 atom stereocenters. The Hall–Kier alpha value is -0.980. The highest BCUT2D eigenvalue weighted by Crippen LogP contribution is 1.95. The fourth-order valence-corrected chi connectivity index (χ4v) is 1.42. The van der Waals surface area contributed by atoms with Gasteiger partial charge in [0, 0.05) is 33.9 Å². The fraction of sp³-hybridized carbons (Fsp3) is 0.818. The molecule has 0 fully saturated rings. The van der Waals surface area contributed by atoms with Crippen molar-refractivity contribution in [2.75, 3.05) is 34.0 Å². The summed E-state index contributed by atoms with van der Waals surface area (Å²) in [5.74, 6) is 0.827. The van der Waals surface area contributed by atoms with Gasteiger partial charge in [0.1, 0.15) is 6.33 Å². The van der Waals surface area contributed by atoms with Crippen LogP contribution in [0, 0.1) is 0 Å². The van der Waals surface area contributed by atoms with E-state index in [0.29, 0.717) is 13.2 Å². The molecule has 6 heteroatoms. The Morgan fingerprint density at radius 3 is 2.82 bits per heavy atom. The molecule has 0 bridgehead atoms. The zero-order chi connectivity index (χ0) is 12.3. The third-order valence-corrected chi connectivity index (χ3v) is 2.34. The summed E-state index contributed by atoms with van der Waals surface area (Å²) in [6.45, 7) is 3.92. The highest BCUT2D eigenvalue weighted by atomic mass is 16.5. The van der Waals surface area contributed by atoms with Gasteiger partial charge >= 0.3 is 0 Å². The first-order valence-electron chi connectivity index (χ1n) is 5.93. The topological polar surface area (TPSA) is 61.2 Å². The molecule has 1 N–H and O–H groups in total. The number of methoxy groups -OCH3 is 2. The summed E-state index contributed by atoms with van der Waals surface area (Å²) in [5, 5.41) is 7.58. The van der Waals surface area contributed by atoms with Crippen LogP contribution in [0.25, 0.3) is 0 Å². The maximum atomic E-state index is 4.99. The third kappa shape index (κ3) is 6.35. The molecule has 6 nitrogen and oxygen atoms in total. The van der Waals surface area contributed by atoms with Gasteiger partial charge in [-0.2, -0.15) is 5.10 Å². The normalized spacial score (nSPS) is 10.9. The SMILES string of the molecule is COCCCCn1cnc(CNCCOC)n1. The minimum absolute atomic E-state index is 0.689. The van der Waals surface area contributed by atoms with Crippen LogP contribution >= 0.6 is 0 Å². The summed E-state index contributed by atoms with van der Waals surface area (Å²) in [4.78, 5) is 4.23. The third-order valence-electron chi connectivity index (χ3n) is 2.34. The van der Waals surface area contributed by atoms with Crippen molar-refractivity contribution in [1.29, 1.82) is 0 Å². The second-order valence-corrected chi connectivity index (χ2v) is 3.79. The Morgan fingerprint density at radius 1 is 1.24 bits per heavy atom. The Kier molecular flexibility index (Phi) is 7.53. The van der Waals surface area contributed by atoms with Crippen LogP contribution in [0.15, 0.2) is 6.33 Å². The summed E-state index contributed by atoms with van der Waals surface area (Å²) >= 11 is 0. The Bertz CT molecular complexity index is 264. The highest BCUT2D eigenvalue weighted by Gasteiger charge is 2.00. The van der Waals surface area contributed by atoms with E-state index in [2.05, 4.69) is 15.4 Å². The molecule has 0 radical (unpaired) electrons. The van der Waals surface area contributed by atoms with E-state index in [1.54, 1.807) is 20.5 Å². The van der Waals surface area contributed by atoms with Crippen molar-refractivity contribution in [2.45, 2.75) is 25.9 Å². The number of rotatable bonds is 10. The largest absolute Gasteiger partial charge is 0.385 e. The van der Waals surface area contributed by atoms with Crippen molar-refractivity contribution in [3.63, 3.8) is 0 Å². The molecule has 0 spiro atoms. The molecule has 98 valence electrons. The predicted octanol–water partition coefficient (Wildman–Crippen LogP) is 0.441. The van der Waals surface area contributed by atoms with Crippen molar-refractivity contribution >= 4 is 0 Å². The van der Waals surface area contributed by atoms with Crippen LogP contribution in [-0.2, 0) is 22.6 Å². The molecule has 0 aliphatic carbocycles. The number of nitrogens with zero attached hydrogens (tertiary/aromatic N) is 3. The zero-order valence-corrected chi connectivity index (χ0v) is 10.7. The van der Waals surface area contributed by atoms with E-state index in [4.69, 9.17) is 9.47 Å². The number of nitrogens with one attached hydrogen (secondary N) is 1. The molecular formula is C11H22N4O2. The van der Waals surface area contributed by atoms with Gasteiger partial charge in [0.15, 0.2) is 5.82 Å². The molecule has 1 aromatic rings. The average molecular weight is 242 g/mol. The second-order valence-electron chi connectivity index (χ2n) is 3.79. The van der Waals surface area contributed by atoms with Crippen LogP contribution < -0.4 is 5.32 Å². The van der Waals surface area contributed by atoms with Crippen LogP contribution in [0.1, 0.15) is 18.7 Å². The number of hydrogen-bond donors (Lipinski definition) is 1. The fourth-order valence-electron chi connectivity index (χ4n) is 1.42. The van der Waals surface area contributed by atoms with Crippen LogP contribution in [0.3, 0.4) is 0 Å². The molecule has 1 aromatic heterocycles. The van der Waals surface area contributed by atoms with E-state index in [1.807, 2.05) is 4.68 Å². The molecular weight excluding hydrogens is 220 g/mol. The number of ether oxygens (including phenoxy) is 2. The molecule has 17 heavy (non-hydrogen) atoms. The lowest BCUT2D eigenvalue weighted by atomic mass is 10.3. The average Bonchev–Trinajstić information content (AvgIpc) is 2.78. The van der Waals surface area contributed by atoms with E-state index in [1.165, 1.54) is 0 Å². The maximum absolute atomic E-state index is 4.99. The number of aryl methyl sites for hydroxylation is 1. The predicted molar refractivity (Wildman–Crippen MR) is 64.7 cm³/mol. The molecule has 0 aromatic carbocycles. The van der Waals surface area contributed by atoms with Gasteiger partial charge in [-0.1, -0.05) is 0 Å². The molecule has 0 saturated carbocycles. The van der Waals surface area contributed by atoms with Gasteiger partial charge in [-0.3, -0.25) is 4.68 Å². The molecule has 0 saturated heterocycles. The zero-order valence-electron chi connectivity index (χ0n) is 10.7. The summed E-state index contributed by atoms with van der Waals surface area (Å²) < 4.78 is 11.8. The number of unbranched alkanes of at least 4 members (excludes halogenated alkanes) is 1. The van der Waals surface area contributed by atoms with Crippen molar-refractivity contribution in [3.05, 3.63) is 12.2 Å². The minimum Gasteiger partial charge on any atom is -0.385 e. The lowest BCUT2D eigenvalue weighted by Crippen LogP contribution is -2.19. The second kappa shape index (κ2) is 9.09. The van der Waals surface area contributed by atoms with Crippen molar-refractivity contribution in [3.8, 4) is 0 Å². The smallest absolute Gasteiger partial charge is 0.164 e. The lowest BCUT2D eigenvalue weighted by Gasteiger charge is -2.01. The summed E-state index contributed by atoms with van der Waals surface area (Å²) in [5.41, 5.74) is 0. The first-order valence-corrected chi connectivity index (χ1v) is 5.93. The van der Waals surface area contributed by atoms with Gasteiger partial charge < -0.3 is 14.8 Å². The van der Waals surface area contributed by atoms with E-state index in [9.17, 15) is 0 Å². The molecule has 0 aliphatic rings. The van der Waals surface area contributed by atoms with Gasteiger partial charge in [-0.05, 0) is 12.8 Å². The Labute approximate surface area is 102 Å². The van der Waals surface area contributed by atoms with Gasteiger partial charge in [0.25, 0.3) is 0 Å². The summed E-state index contributed by atoms with van der Waals surface area (Å²) in [6, 6.07) is 0. The van der Waals surface area contributed by atoms with Gasteiger partial charge in [-0.15, -0.1) is 0 Å². The standard InChI is InChI=1S/C11H22N4O2/c1-16-7-4-3-6-15-10-13-11(14-15)9-12-5-8-17-2/h10,12H,3-9H2,1-2H3. The summed E-state index contributed by atoms with van der Waals surface area (Å²) in [6.07, 6.45) is 3.89. The first kappa shape index (κ1) is 14.1. The van der Waals surface area contributed by atoms with Crippen molar-refractivity contribution in [2.24, 2.45) is 0 Å². The van der Waals surface area contributed by atoms with E-state index >= 15 is 0 Å². The molecule has 0 aliphatic heterocycles. The monoisotopic (exact) mass is 242 g/mol. The van der Waals surface area contributed by atoms with Crippen LogP contribution in [0.2, 0.25) is 0 Å². The van der Waals surface area contributed by atoms with Crippen LogP contribution in [-0.4, -0.2) is 48.7 Å². The Morgan fingerprint density at radius 2 is 2.06 bits per heavy atom. The molecule has 1 rings (SSSR count). The van der Waals surface area contributed by atoms with Crippen molar-refractivity contribution < 1.29 is 9.47 Å². The number of hydrogen-bond acceptors (Lipinski definition) is 5. The molecule has 0 unspecified atom stereocenters. The summed E-state index contributed by atoms with van der Waals surface area (Å²) in [7, 11) is 3.41. The Balaban J connectivity index is 2.14. The quantitative estimate of drug-likeness (QED) is 0.603. The first-order chi connectivity index (χ1) is 8.36. The van der Waals surface area contributed by atoms with Gasteiger partial charge in [-0.25, -0.2) is 4.98 Å². The van der Waals surface area contributed by atoms with Gasteiger partial charge in [0.05, 0.1) is 13.2 Å². The van der Waals surface area contributed by atoms with Crippen molar-refractivity contribution in [1.82, 2.24) is 20.1 Å². The van der Waals surface area contributed by atoms with E-state index in [-0.39, 0.29) is 0 Å². The van der Waals surface area contributed by atoms with Crippen LogP contribution in [0.4, 0.5) is 0 Å². The molecule has 1 heterocycles. The number of aromatic nitrogens is 3. The van der Waals surface area contributed by atoms with E-state index < -0.39 is 0 Å². The van der Waals surface area contributed by atoms with Crippen LogP contribution in [0.5, 0.6) is 0 Å².